The van der Waals surface area contributed by atoms with Crippen molar-refractivity contribution < 1.29 is 14.2 Å². The number of rotatable bonds is 9. The van der Waals surface area contributed by atoms with Crippen LogP contribution in [-0.2, 0) is 9.47 Å². The van der Waals surface area contributed by atoms with Gasteiger partial charge < -0.3 is 0 Å². The topological polar surface area (TPSA) is 27.7 Å². The van der Waals surface area contributed by atoms with Gasteiger partial charge in [-0.2, -0.15) is 0 Å². The van der Waals surface area contributed by atoms with Gasteiger partial charge >= 0.3 is 134 Å². The van der Waals surface area contributed by atoms with Gasteiger partial charge in [0, 0.05) is 0 Å². The predicted molar refractivity (Wildman–Crippen MR) is 77.2 cm³/mol. The van der Waals surface area contributed by atoms with Crippen molar-refractivity contribution in [3.63, 3.8) is 0 Å². The van der Waals surface area contributed by atoms with E-state index in [2.05, 4.69) is 6.58 Å². The second kappa shape index (κ2) is 8.77. The van der Waals surface area contributed by atoms with Crippen molar-refractivity contribution in [1.29, 1.82) is 0 Å². The Balaban J connectivity index is 2.71. The van der Waals surface area contributed by atoms with Gasteiger partial charge in [-0.25, -0.2) is 0 Å². The van der Waals surface area contributed by atoms with Crippen LogP contribution in [0.4, 0.5) is 0 Å². The van der Waals surface area contributed by atoms with Gasteiger partial charge in [0.1, 0.15) is 0 Å². The van der Waals surface area contributed by atoms with E-state index in [0.717, 1.165) is 46.5 Å². The van der Waals surface area contributed by atoms with Crippen LogP contribution in [0.5, 0.6) is 5.75 Å². The molecule has 100 valence electrons. The number of hydrogen-bond acceptors (Lipinski definition) is 3. The molecule has 19 heavy (non-hydrogen) atoms. The average molecular weight is 272 g/mol. The SMILES string of the molecule is C=CCC[C]([Na])(Oc1ccccc1)OC(C)OCC. The van der Waals surface area contributed by atoms with Crippen LogP contribution in [0.3, 0.4) is 0 Å². The molecule has 0 spiro atoms. The second-order valence-corrected chi connectivity index (χ2v) is 6.04. The van der Waals surface area contributed by atoms with E-state index in [1.165, 1.54) is 0 Å². The van der Waals surface area contributed by atoms with E-state index in [9.17, 15) is 0 Å². The number of ether oxygens (including phenoxy) is 3. The average Bonchev–Trinajstić information content (AvgIpc) is 2.37. The normalized spacial score (nSPS) is 15.6. The van der Waals surface area contributed by atoms with Crippen molar-refractivity contribution >= 4 is 27.9 Å². The third kappa shape index (κ3) is 6.59. The summed E-state index contributed by atoms with van der Waals surface area (Å²) in [4.78, 5) is 0. The fourth-order valence-electron chi connectivity index (χ4n) is 1.86. The van der Waals surface area contributed by atoms with Gasteiger partial charge in [-0.1, -0.05) is 0 Å². The first kappa shape index (κ1) is 16.7. The summed E-state index contributed by atoms with van der Waals surface area (Å²) in [5.41, 5.74) is 0. The Morgan fingerprint density at radius 1 is 1.37 bits per heavy atom. The monoisotopic (exact) mass is 272 g/mol. The van der Waals surface area contributed by atoms with Gasteiger partial charge in [0.25, 0.3) is 0 Å². The van der Waals surface area contributed by atoms with Crippen LogP contribution in [-0.4, -0.2) is 43.9 Å². The third-order valence-corrected chi connectivity index (χ3v) is 3.64. The first-order chi connectivity index (χ1) is 9.09. The summed E-state index contributed by atoms with van der Waals surface area (Å²) < 4.78 is 16.9. The van der Waals surface area contributed by atoms with E-state index in [0.29, 0.717) is 6.61 Å². The number of benzene rings is 1. The molecule has 2 unspecified atom stereocenters. The van der Waals surface area contributed by atoms with Gasteiger partial charge in [0.15, 0.2) is 0 Å². The van der Waals surface area contributed by atoms with E-state index < -0.39 is 3.04 Å². The summed E-state index contributed by atoms with van der Waals surface area (Å²) in [7, 11) is 0. The van der Waals surface area contributed by atoms with Gasteiger partial charge in [0.2, 0.25) is 0 Å². The molecule has 0 bridgehead atoms. The van der Waals surface area contributed by atoms with Crippen molar-refractivity contribution in [3.05, 3.63) is 43.0 Å². The molecule has 3 nitrogen and oxygen atoms in total. The molecule has 0 fully saturated rings. The zero-order valence-electron chi connectivity index (χ0n) is 12.1. The van der Waals surface area contributed by atoms with Crippen molar-refractivity contribution in [2.24, 2.45) is 0 Å². The van der Waals surface area contributed by atoms with Crippen LogP contribution in [0.2, 0.25) is 0 Å². The Hall–Kier alpha value is -0.320. The van der Waals surface area contributed by atoms with E-state index in [-0.39, 0.29) is 6.29 Å². The number of para-hydroxylation sites is 1. The molecule has 0 saturated heterocycles. The van der Waals surface area contributed by atoms with Crippen molar-refractivity contribution in [1.82, 2.24) is 0 Å². The van der Waals surface area contributed by atoms with Crippen molar-refractivity contribution in [2.75, 3.05) is 6.61 Å². The molecule has 0 aliphatic heterocycles. The minimum absolute atomic E-state index is 0.268. The first-order valence-electron chi connectivity index (χ1n) is 6.74. The molecule has 0 radical (unpaired) electrons. The number of hydrogen-bond donors (Lipinski definition) is 0. The summed E-state index contributed by atoms with van der Waals surface area (Å²) in [6, 6.07) is 9.76. The van der Waals surface area contributed by atoms with Gasteiger partial charge in [-0.15, -0.1) is 0 Å². The summed E-state index contributed by atoms with van der Waals surface area (Å²) in [6.45, 7) is 8.25. The van der Waals surface area contributed by atoms with Gasteiger partial charge in [-0.05, 0) is 0 Å². The molecule has 0 heterocycles. The van der Waals surface area contributed by atoms with E-state index in [1.807, 2.05) is 50.3 Å². The van der Waals surface area contributed by atoms with Crippen LogP contribution in [0, 0.1) is 0 Å². The predicted octanol–water partition coefficient (Wildman–Crippen LogP) is 3.25. The Morgan fingerprint density at radius 2 is 2.05 bits per heavy atom. The van der Waals surface area contributed by atoms with Crippen LogP contribution in [0.25, 0.3) is 0 Å². The van der Waals surface area contributed by atoms with Crippen LogP contribution < -0.4 is 4.74 Å². The van der Waals surface area contributed by atoms with Crippen molar-refractivity contribution in [2.45, 2.75) is 36.0 Å². The molecule has 0 aromatic heterocycles. The molecule has 2 atom stereocenters. The Labute approximate surface area is 133 Å². The molecule has 1 aromatic carbocycles. The Kier molecular flexibility index (Phi) is 7.73. The zero-order chi connectivity index (χ0) is 14.1. The van der Waals surface area contributed by atoms with E-state index in [1.54, 1.807) is 0 Å². The Bertz CT molecular complexity index is 369. The van der Waals surface area contributed by atoms with Gasteiger partial charge in [-0.3, -0.25) is 0 Å². The van der Waals surface area contributed by atoms with Crippen LogP contribution >= 0.6 is 0 Å². The minimum atomic E-state index is -0.579. The molecule has 0 aliphatic carbocycles. The molecular formula is C15H21NaO3. The molecule has 1 rings (SSSR count). The first-order valence-corrected chi connectivity index (χ1v) is 7.74. The molecule has 0 N–H and O–H groups in total. The van der Waals surface area contributed by atoms with Gasteiger partial charge in [0.05, 0.1) is 0 Å². The zero-order valence-corrected chi connectivity index (χ0v) is 14.1. The number of allylic oxidation sites excluding steroid dienone is 1. The molecule has 1 aromatic rings. The molecular weight excluding hydrogens is 251 g/mol. The molecule has 4 heteroatoms. The Morgan fingerprint density at radius 3 is 2.63 bits per heavy atom. The fraction of sp³-hybridized carbons (Fsp3) is 0.467. The molecule has 0 amide bonds. The maximum atomic E-state index is 6.03. The third-order valence-electron chi connectivity index (χ3n) is 2.70. The molecule has 0 saturated carbocycles. The summed E-state index contributed by atoms with van der Waals surface area (Å²) in [6.07, 6.45) is 3.26. The van der Waals surface area contributed by atoms with Crippen LogP contribution in [0.15, 0.2) is 43.0 Å². The van der Waals surface area contributed by atoms with E-state index >= 15 is 0 Å². The molecule has 0 aliphatic rings. The summed E-state index contributed by atoms with van der Waals surface area (Å²) in [5.74, 6) is 0.824. The van der Waals surface area contributed by atoms with Crippen LogP contribution in [0.1, 0.15) is 26.7 Å². The summed E-state index contributed by atoms with van der Waals surface area (Å²) in [5, 5.41) is 0. The van der Waals surface area contributed by atoms with E-state index in [4.69, 9.17) is 14.2 Å². The summed E-state index contributed by atoms with van der Waals surface area (Å²) >= 11 is 0.750. The standard InChI is InChI=1S/C15H21O3.Na/c1-4-6-12-15(17-13(3)16-5-2)18-14-10-8-7-9-11-14;/h4,7-11,13H,1,5-6,12H2,2-3H3;. The van der Waals surface area contributed by atoms with Crippen molar-refractivity contribution in [3.8, 4) is 5.75 Å². The fourth-order valence-corrected chi connectivity index (χ4v) is 2.71. The second-order valence-electron chi connectivity index (χ2n) is 4.52. The quantitative estimate of drug-likeness (QED) is 0.392. The maximum absolute atomic E-state index is 6.03.